The van der Waals surface area contributed by atoms with Gasteiger partial charge in [0.25, 0.3) is 0 Å². The molecular weight excluding hydrogens is 532 g/mol. The standard InChI is InChI=1S/C28H52N6O7/c1-24(2)8-7-11-30(3)10-6-4-5-9-29-25(23-35)34-18-16-32(21-27(38)39)14-12-31(20-26(36)37)13-15-33(17-19-34)22-28(40)41/h23,25,29H,1,4-22H2,2-3H3,(H,36,37)(H,38,39)(H,40,41). The number of hydrogen-bond acceptors (Lipinski definition) is 10. The van der Waals surface area contributed by atoms with Crippen molar-refractivity contribution in [2.75, 3.05) is 98.7 Å². The Morgan fingerprint density at radius 1 is 0.780 bits per heavy atom. The minimum Gasteiger partial charge on any atom is -0.480 e. The summed E-state index contributed by atoms with van der Waals surface area (Å²) in [5, 5.41) is 31.4. The van der Waals surface area contributed by atoms with Crippen LogP contribution in [0.4, 0.5) is 0 Å². The van der Waals surface area contributed by atoms with Crippen LogP contribution in [-0.4, -0.2) is 169 Å². The zero-order chi connectivity index (χ0) is 30.6. The molecule has 0 bridgehead atoms. The highest BCUT2D eigenvalue weighted by Gasteiger charge is 2.23. The number of carbonyl (C=O) groups excluding carboxylic acids is 1. The molecule has 41 heavy (non-hydrogen) atoms. The summed E-state index contributed by atoms with van der Waals surface area (Å²) < 4.78 is 0. The molecule has 1 fully saturated rings. The van der Waals surface area contributed by atoms with Gasteiger partial charge in [0.15, 0.2) is 6.29 Å². The van der Waals surface area contributed by atoms with Crippen LogP contribution >= 0.6 is 0 Å². The fourth-order valence-corrected chi connectivity index (χ4v) is 4.84. The second-order valence-electron chi connectivity index (χ2n) is 11.0. The summed E-state index contributed by atoms with van der Waals surface area (Å²) in [5.74, 6) is -2.96. The van der Waals surface area contributed by atoms with Crippen molar-refractivity contribution in [3.63, 3.8) is 0 Å². The molecule has 1 rings (SSSR count). The topological polar surface area (TPSA) is 157 Å². The van der Waals surface area contributed by atoms with E-state index in [4.69, 9.17) is 0 Å². The van der Waals surface area contributed by atoms with Gasteiger partial charge in [0.2, 0.25) is 0 Å². The zero-order valence-corrected chi connectivity index (χ0v) is 25.0. The lowest BCUT2D eigenvalue weighted by molar-refractivity contribution is -0.140. The van der Waals surface area contributed by atoms with Crippen molar-refractivity contribution in [1.29, 1.82) is 0 Å². The smallest absolute Gasteiger partial charge is 0.317 e. The minimum atomic E-state index is -0.997. The van der Waals surface area contributed by atoms with Gasteiger partial charge in [-0.05, 0) is 59.3 Å². The summed E-state index contributed by atoms with van der Waals surface area (Å²) in [7, 11) is 2.13. The predicted molar refractivity (Wildman–Crippen MR) is 157 cm³/mol. The van der Waals surface area contributed by atoms with Gasteiger partial charge in [-0.25, -0.2) is 0 Å². The van der Waals surface area contributed by atoms with Crippen molar-refractivity contribution in [2.45, 2.75) is 45.2 Å². The third-order valence-electron chi connectivity index (χ3n) is 7.18. The summed E-state index contributed by atoms with van der Waals surface area (Å²) in [6.45, 7) is 11.0. The lowest BCUT2D eigenvalue weighted by Crippen LogP contribution is -2.54. The summed E-state index contributed by atoms with van der Waals surface area (Å²) in [4.78, 5) is 55.8. The Morgan fingerprint density at radius 3 is 1.63 bits per heavy atom. The van der Waals surface area contributed by atoms with Crippen molar-refractivity contribution in [3.05, 3.63) is 12.2 Å². The second-order valence-corrected chi connectivity index (χ2v) is 11.0. The first-order valence-electron chi connectivity index (χ1n) is 14.6. The van der Waals surface area contributed by atoms with Crippen molar-refractivity contribution in [3.8, 4) is 0 Å². The van der Waals surface area contributed by atoms with Crippen LogP contribution in [-0.2, 0) is 19.2 Å². The molecule has 0 aromatic heterocycles. The lowest BCUT2D eigenvalue weighted by Gasteiger charge is -2.35. The molecule has 1 aliphatic heterocycles. The first-order valence-corrected chi connectivity index (χ1v) is 14.6. The molecule has 1 unspecified atom stereocenters. The van der Waals surface area contributed by atoms with E-state index in [2.05, 4.69) is 23.8 Å². The Labute approximate surface area is 244 Å². The van der Waals surface area contributed by atoms with E-state index in [0.717, 1.165) is 51.5 Å². The number of aldehydes is 1. The van der Waals surface area contributed by atoms with Gasteiger partial charge in [-0.2, -0.15) is 0 Å². The Morgan fingerprint density at radius 2 is 1.22 bits per heavy atom. The third-order valence-corrected chi connectivity index (χ3v) is 7.18. The van der Waals surface area contributed by atoms with E-state index in [0.29, 0.717) is 58.9 Å². The molecule has 0 radical (unpaired) electrons. The molecule has 0 aliphatic carbocycles. The molecule has 1 aliphatic rings. The minimum absolute atomic E-state index is 0.194. The molecule has 1 heterocycles. The number of nitrogens with zero attached hydrogens (tertiary/aromatic N) is 5. The number of rotatable bonds is 19. The fraction of sp³-hybridized carbons (Fsp3) is 0.786. The molecular formula is C28H52N6O7. The van der Waals surface area contributed by atoms with Gasteiger partial charge in [-0.3, -0.25) is 39.3 Å². The summed E-state index contributed by atoms with van der Waals surface area (Å²) in [5.41, 5.74) is 1.21. The van der Waals surface area contributed by atoms with Crippen LogP contribution < -0.4 is 5.32 Å². The van der Waals surface area contributed by atoms with Gasteiger partial charge in [0.05, 0.1) is 19.6 Å². The quantitative estimate of drug-likeness (QED) is 0.0917. The second kappa shape index (κ2) is 21.3. The molecule has 0 aromatic carbocycles. The Hall–Kier alpha value is -2.42. The predicted octanol–water partition coefficient (Wildman–Crippen LogP) is 0.0348. The zero-order valence-electron chi connectivity index (χ0n) is 25.0. The summed E-state index contributed by atoms with van der Waals surface area (Å²) in [6.07, 6.45) is 5.42. The molecule has 13 heteroatoms. The number of unbranched alkanes of at least 4 members (excludes halogenated alkanes) is 2. The molecule has 236 valence electrons. The van der Waals surface area contributed by atoms with Gasteiger partial charge in [-0.15, -0.1) is 6.58 Å². The number of carboxylic acids is 3. The van der Waals surface area contributed by atoms with Crippen molar-refractivity contribution in [1.82, 2.24) is 29.8 Å². The first kappa shape index (κ1) is 36.6. The van der Waals surface area contributed by atoms with Crippen LogP contribution in [0.3, 0.4) is 0 Å². The Bertz CT molecular complexity index is 783. The van der Waals surface area contributed by atoms with E-state index in [-0.39, 0.29) is 19.6 Å². The largest absolute Gasteiger partial charge is 0.480 e. The van der Waals surface area contributed by atoms with Crippen LogP contribution in [0, 0.1) is 0 Å². The first-order chi connectivity index (χ1) is 19.5. The normalized spacial score (nSPS) is 17.9. The highest BCUT2D eigenvalue weighted by atomic mass is 16.4. The van der Waals surface area contributed by atoms with E-state index in [1.54, 1.807) is 14.7 Å². The van der Waals surface area contributed by atoms with Gasteiger partial charge in [0.1, 0.15) is 6.17 Å². The molecule has 0 saturated carbocycles. The van der Waals surface area contributed by atoms with E-state index in [9.17, 15) is 34.5 Å². The maximum absolute atomic E-state index is 12.1. The highest BCUT2D eigenvalue weighted by Crippen LogP contribution is 2.05. The van der Waals surface area contributed by atoms with Crippen LogP contribution in [0.2, 0.25) is 0 Å². The van der Waals surface area contributed by atoms with Gasteiger partial charge in [-0.1, -0.05) is 12.0 Å². The van der Waals surface area contributed by atoms with Crippen molar-refractivity contribution >= 4 is 24.2 Å². The van der Waals surface area contributed by atoms with E-state index in [1.807, 2.05) is 11.8 Å². The molecule has 0 spiro atoms. The number of carbonyl (C=O) groups is 4. The van der Waals surface area contributed by atoms with Crippen molar-refractivity contribution in [2.24, 2.45) is 0 Å². The average Bonchev–Trinajstić information content (AvgIpc) is 2.87. The third kappa shape index (κ3) is 18.6. The Kier molecular flexibility index (Phi) is 19.0. The summed E-state index contributed by atoms with van der Waals surface area (Å²) in [6, 6.07) is 0. The van der Waals surface area contributed by atoms with E-state index in [1.165, 1.54) is 5.57 Å². The summed E-state index contributed by atoms with van der Waals surface area (Å²) >= 11 is 0. The highest BCUT2D eigenvalue weighted by molar-refractivity contribution is 5.70. The number of hydrogen-bond donors (Lipinski definition) is 4. The van der Waals surface area contributed by atoms with E-state index < -0.39 is 24.1 Å². The lowest BCUT2D eigenvalue weighted by atomic mass is 10.2. The number of aliphatic carboxylic acids is 3. The maximum atomic E-state index is 12.1. The number of carboxylic acid groups (broad SMARTS) is 3. The molecule has 1 atom stereocenters. The molecule has 1 saturated heterocycles. The van der Waals surface area contributed by atoms with Crippen LogP contribution in [0.15, 0.2) is 12.2 Å². The number of nitrogens with one attached hydrogen (secondary N) is 1. The monoisotopic (exact) mass is 584 g/mol. The van der Waals surface area contributed by atoms with Crippen LogP contribution in [0.1, 0.15) is 39.0 Å². The maximum Gasteiger partial charge on any atom is 0.317 e. The van der Waals surface area contributed by atoms with Crippen LogP contribution in [0.5, 0.6) is 0 Å². The van der Waals surface area contributed by atoms with Gasteiger partial charge < -0.3 is 25.0 Å². The SMILES string of the molecule is C=C(C)CCCN(C)CCCCCNC(C=O)N1CCN(CC(=O)O)CCN(CC(=O)O)CCN(CC(=O)O)CC1. The molecule has 0 amide bonds. The van der Waals surface area contributed by atoms with E-state index >= 15 is 0 Å². The fourth-order valence-electron chi connectivity index (χ4n) is 4.84. The average molecular weight is 585 g/mol. The Balaban J connectivity index is 2.74. The van der Waals surface area contributed by atoms with Crippen molar-refractivity contribution < 1.29 is 34.5 Å². The van der Waals surface area contributed by atoms with Crippen LogP contribution in [0.25, 0.3) is 0 Å². The molecule has 4 N–H and O–H groups in total. The van der Waals surface area contributed by atoms with Gasteiger partial charge >= 0.3 is 17.9 Å². The number of allylic oxidation sites excluding steroid dienone is 1. The van der Waals surface area contributed by atoms with Gasteiger partial charge in [0, 0.05) is 52.4 Å². The molecule has 13 nitrogen and oxygen atoms in total. The molecule has 0 aromatic rings.